The summed E-state index contributed by atoms with van der Waals surface area (Å²) in [6.07, 6.45) is -4.96. The van der Waals surface area contributed by atoms with Crippen LogP contribution in [0.2, 0.25) is 0 Å². The van der Waals surface area contributed by atoms with Crippen LogP contribution in [0.25, 0.3) is 0 Å². The smallest absolute Gasteiger partial charge is 0.416 e. The second-order valence-electron chi connectivity index (χ2n) is 20.7. The second-order valence-corrected chi connectivity index (χ2v) is 20.7. The van der Waals surface area contributed by atoms with Crippen LogP contribution in [-0.2, 0) is 40.9 Å². The first-order valence-electron chi connectivity index (χ1n) is 22.3. The topological polar surface area (TPSA) is 154 Å². The number of fused-ring (bicyclic) bond motifs is 3. The molecular formula is C47H64F6N2O8. The quantitative estimate of drug-likeness (QED) is 0.0806. The highest BCUT2D eigenvalue weighted by Crippen LogP contribution is 2.75. The summed E-state index contributed by atoms with van der Waals surface area (Å²) in [6.45, 7) is 17.0. The highest BCUT2D eigenvalue weighted by atomic mass is 19.4. The van der Waals surface area contributed by atoms with Gasteiger partial charge in [-0.2, -0.15) is 26.3 Å². The van der Waals surface area contributed by atoms with E-state index in [0.717, 1.165) is 25.7 Å². The van der Waals surface area contributed by atoms with Crippen molar-refractivity contribution in [3.8, 4) is 0 Å². The molecule has 1 amide bonds. The van der Waals surface area contributed by atoms with Gasteiger partial charge in [-0.25, -0.2) is 0 Å². The fourth-order valence-electron chi connectivity index (χ4n) is 13.3. The van der Waals surface area contributed by atoms with Crippen molar-refractivity contribution in [1.82, 2.24) is 5.32 Å². The highest BCUT2D eigenvalue weighted by molar-refractivity contribution is 5.94. The van der Waals surface area contributed by atoms with Gasteiger partial charge in [0, 0.05) is 29.9 Å². The number of allylic oxidation sites excluding steroid dienone is 1. The van der Waals surface area contributed by atoms with Crippen LogP contribution >= 0.6 is 0 Å². The molecule has 1 saturated heterocycles. The monoisotopic (exact) mass is 898 g/mol. The Balaban J connectivity index is 1.16. The number of alkyl halides is 6. The lowest BCUT2D eigenvalue weighted by Crippen LogP contribution is -2.70. The van der Waals surface area contributed by atoms with Crippen molar-refractivity contribution in [2.24, 2.45) is 62.4 Å². The van der Waals surface area contributed by atoms with E-state index in [0.29, 0.717) is 37.5 Å². The number of amides is 1. The van der Waals surface area contributed by atoms with E-state index in [1.807, 2.05) is 6.92 Å². The number of esters is 2. The summed E-state index contributed by atoms with van der Waals surface area (Å²) >= 11 is 0. The predicted octanol–water partition coefficient (Wildman–Crippen LogP) is 9.38. The zero-order valence-corrected chi connectivity index (χ0v) is 37.6. The third-order valence-electron chi connectivity index (χ3n) is 17.0. The number of carbonyl (C=O) groups is 4. The summed E-state index contributed by atoms with van der Waals surface area (Å²) in [5.41, 5.74) is 0.952. The molecule has 4 aliphatic carbocycles. The first kappa shape index (κ1) is 48.8. The van der Waals surface area contributed by atoms with Crippen LogP contribution in [0.15, 0.2) is 29.8 Å². The fourth-order valence-corrected chi connectivity index (χ4v) is 13.3. The zero-order valence-electron chi connectivity index (χ0n) is 37.6. The molecule has 1 aromatic rings. The second kappa shape index (κ2) is 17.0. The number of unbranched alkanes of at least 4 members (excludes halogenated alkanes) is 1. The number of aliphatic carboxylic acids is 1. The lowest BCUT2D eigenvalue weighted by atomic mass is 9.34. The van der Waals surface area contributed by atoms with Crippen molar-refractivity contribution in [1.29, 1.82) is 0 Å². The Bertz CT molecular complexity index is 1960. The molecule has 2 bridgehead atoms. The lowest BCUT2D eigenvalue weighted by molar-refractivity contribution is -0.263. The van der Waals surface area contributed by atoms with Gasteiger partial charge in [-0.15, -0.1) is 0 Å². The van der Waals surface area contributed by atoms with E-state index in [2.05, 4.69) is 52.9 Å². The molecule has 4 N–H and O–H groups in total. The number of hydrogen-bond donors (Lipinski definition) is 3. The van der Waals surface area contributed by atoms with Gasteiger partial charge in [0.15, 0.2) is 0 Å². The minimum Gasteiger partial charge on any atom is -0.481 e. The molecule has 1 aliphatic heterocycles. The molecule has 0 aromatic heterocycles. The molecule has 1 heterocycles. The van der Waals surface area contributed by atoms with E-state index in [-0.39, 0.29) is 61.6 Å². The Morgan fingerprint density at radius 2 is 1.54 bits per heavy atom. The van der Waals surface area contributed by atoms with Crippen molar-refractivity contribution < 1.29 is 64.8 Å². The van der Waals surface area contributed by atoms with Gasteiger partial charge in [0.1, 0.15) is 18.2 Å². The number of nitrogens with one attached hydrogen (secondary N) is 1. The molecule has 12 atom stereocenters. The van der Waals surface area contributed by atoms with Crippen LogP contribution in [0.4, 0.5) is 26.3 Å². The van der Waals surface area contributed by atoms with Crippen molar-refractivity contribution in [3.05, 3.63) is 46.5 Å². The summed E-state index contributed by atoms with van der Waals surface area (Å²) in [5, 5.41) is 13.4. The summed E-state index contributed by atoms with van der Waals surface area (Å²) < 4.78 is 98.5. The van der Waals surface area contributed by atoms with E-state index in [9.17, 15) is 50.6 Å². The number of ether oxygens (including phenoxy) is 3. The number of hydrogen-bond acceptors (Lipinski definition) is 8. The first-order chi connectivity index (χ1) is 29.1. The lowest BCUT2D eigenvalue weighted by Gasteiger charge is -2.71. The van der Waals surface area contributed by atoms with Gasteiger partial charge in [0.25, 0.3) is 5.91 Å². The van der Waals surface area contributed by atoms with Crippen LogP contribution in [0.5, 0.6) is 0 Å². The molecule has 1 unspecified atom stereocenters. The van der Waals surface area contributed by atoms with Crippen LogP contribution in [0, 0.1) is 56.7 Å². The molecule has 0 radical (unpaired) electrons. The summed E-state index contributed by atoms with van der Waals surface area (Å²) in [4.78, 5) is 52.5. The van der Waals surface area contributed by atoms with Gasteiger partial charge in [0.05, 0.1) is 30.3 Å². The number of nitrogens with two attached hydrogens (primary N) is 1. The van der Waals surface area contributed by atoms with Crippen molar-refractivity contribution in [2.45, 2.75) is 144 Å². The molecule has 0 spiro atoms. The van der Waals surface area contributed by atoms with E-state index in [4.69, 9.17) is 19.9 Å². The average molecular weight is 899 g/mol. The Morgan fingerprint density at radius 3 is 2.11 bits per heavy atom. The summed E-state index contributed by atoms with van der Waals surface area (Å²) in [5.74, 6) is -3.15. The van der Waals surface area contributed by atoms with Gasteiger partial charge in [-0.1, -0.05) is 60.1 Å². The van der Waals surface area contributed by atoms with Gasteiger partial charge < -0.3 is 30.4 Å². The van der Waals surface area contributed by atoms with Crippen molar-refractivity contribution >= 4 is 23.8 Å². The minimum absolute atomic E-state index is 0.0206. The van der Waals surface area contributed by atoms with Crippen molar-refractivity contribution in [2.75, 3.05) is 19.8 Å². The number of rotatable bonds is 12. The standard InChI is InChI=1S/C47H64F6N2O8/c1-25(2)26(3)41(5)16-17-43(7)31-12-13-35-42(6)23-61-24-45(35,32(31)14-15-44(43,8)36(41)39(58)59)22-34(62-27(4)56)37(42)63-40(60)33(54)11-9-10-18-55-38(57)28-19-29(46(48,49)50)21-30(20-28)47(51,52)53/h14,19-21,25-26,31,33-37H,9-13,15-18,22-24,54H2,1-8H3,(H,55,57)(H,58,59)/t26-,31+,33?,34-,35+,36-,37+,41-,42-,43-,44+,45-/m1/s1. The van der Waals surface area contributed by atoms with Crippen molar-refractivity contribution in [3.63, 3.8) is 0 Å². The normalized spacial score (nSPS) is 36.1. The average Bonchev–Trinajstić information content (AvgIpc) is 3.17. The van der Waals surface area contributed by atoms with Crippen LogP contribution in [-0.4, -0.2) is 66.9 Å². The fraction of sp³-hybridized carbons (Fsp3) is 0.745. The summed E-state index contributed by atoms with van der Waals surface area (Å²) in [7, 11) is 0. The Kier molecular flexibility index (Phi) is 13.1. The molecule has 352 valence electrons. The Morgan fingerprint density at radius 1 is 0.905 bits per heavy atom. The maximum absolute atomic E-state index is 13.7. The highest BCUT2D eigenvalue weighted by Gasteiger charge is 2.72. The van der Waals surface area contributed by atoms with Crippen LogP contribution < -0.4 is 11.1 Å². The largest absolute Gasteiger partial charge is 0.481 e. The van der Waals surface area contributed by atoms with Gasteiger partial charge in [-0.05, 0) is 116 Å². The number of carboxylic acid groups (broad SMARTS) is 1. The van der Waals surface area contributed by atoms with E-state index in [1.54, 1.807) is 0 Å². The number of halogens is 6. The van der Waals surface area contributed by atoms with Gasteiger partial charge in [0.2, 0.25) is 0 Å². The molecule has 10 nitrogen and oxygen atoms in total. The molecule has 1 aromatic carbocycles. The number of carboxylic acids is 1. The maximum atomic E-state index is 13.7. The number of benzene rings is 1. The van der Waals surface area contributed by atoms with Gasteiger partial charge >= 0.3 is 30.3 Å². The molecule has 6 rings (SSSR count). The Hall–Kier alpha value is -3.66. The maximum Gasteiger partial charge on any atom is 0.416 e. The van der Waals surface area contributed by atoms with E-state index in [1.165, 1.54) is 12.5 Å². The van der Waals surface area contributed by atoms with Crippen LogP contribution in [0.3, 0.4) is 0 Å². The number of carbonyl (C=O) groups excluding carboxylic acids is 3. The summed E-state index contributed by atoms with van der Waals surface area (Å²) in [6, 6.07) is -0.473. The third-order valence-corrected chi connectivity index (χ3v) is 17.0. The molecule has 4 fully saturated rings. The first-order valence-corrected chi connectivity index (χ1v) is 22.3. The predicted molar refractivity (Wildman–Crippen MR) is 220 cm³/mol. The van der Waals surface area contributed by atoms with E-state index < -0.39 is 98.7 Å². The minimum atomic E-state index is -5.10. The molecule has 16 heteroatoms. The molecule has 3 saturated carbocycles. The molecule has 5 aliphatic rings. The third kappa shape index (κ3) is 8.42. The van der Waals surface area contributed by atoms with Crippen LogP contribution in [0.1, 0.15) is 135 Å². The molecular weight excluding hydrogens is 835 g/mol. The Labute approximate surface area is 365 Å². The molecule has 63 heavy (non-hydrogen) atoms. The zero-order chi connectivity index (χ0) is 46.9. The SMILES string of the molecule is CC(=O)O[C@@H]1C[C@]23COC[C@](C)([C@@H]2CC[C@H]2C3=CC[C@@]3(C)[C@H](C(=O)O)[C@@](C)([C@H](C)C(C)C)CC[C@]23C)[C@H]1OC(=O)C(N)CCCCNC(=O)c1cc(C(F)(F)F)cc(C(F)(F)F)c1. The van der Waals surface area contributed by atoms with Gasteiger partial charge in [-0.3, -0.25) is 19.2 Å². The van der Waals surface area contributed by atoms with E-state index >= 15 is 0 Å².